The average Bonchev–Trinajstić information content (AvgIpc) is 3.18. The van der Waals surface area contributed by atoms with Crippen molar-refractivity contribution in [3.05, 3.63) is 90.4 Å². The SMILES string of the molecule is N#CC(c1ccc2ccccc2c1)c1ccc2c(-c3ccncc3)n[nH]c2n1. The zero-order valence-corrected chi connectivity index (χ0v) is 14.9. The van der Waals surface area contributed by atoms with Crippen LogP contribution < -0.4 is 0 Å². The van der Waals surface area contributed by atoms with E-state index < -0.39 is 5.92 Å². The molecule has 5 rings (SSSR count). The summed E-state index contributed by atoms with van der Waals surface area (Å²) in [7, 11) is 0. The third kappa shape index (κ3) is 2.68. The van der Waals surface area contributed by atoms with Crippen LogP contribution in [0.15, 0.2) is 79.1 Å². The van der Waals surface area contributed by atoms with E-state index >= 15 is 0 Å². The van der Waals surface area contributed by atoms with Gasteiger partial charge in [-0.05, 0) is 46.7 Å². The molecule has 2 aromatic carbocycles. The molecule has 5 nitrogen and oxygen atoms in total. The molecule has 3 heterocycles. The third-order valence-electron chi connectivity index (χ3n) is 4.93. The standard InChI is InChI=1S/C23H15N5/c24-14-20(18-6-5-15-3-1-2-4-17(15)13-18)21-8-7-19-22(27-28-23(19)26-21)16-9-11-25-12-10-16/h1-13,20H,(H,26,27,28). The van der Waals surface area contributed by atoms with Crippen LogP contribution in [-0.2, 0) is 0 Å². The highest BCUT2D eigenvalue weighted by Crippen LogP contribution is 2.30. The maximum absolute atomic E-state index is 9.84. The molecule has 0 radical (unpaired) electrons. The van der Waals surface area contributed by atoms with Gasteiger partial charge in [0.05, 0.1) is 11.8 Å². The van der Waals surface area contributed by atoms with Crippen LogP contribution in [0, 0.1) is 11.3 Å². The number of rotatable bonds is 3. The highest BCUT2D eigenvalue weighted by atomic mass is 15.1. The number of nitrogens with one attached hydrogen (secondary N) is 1. The molecule has 28 heavy (non-hydrogen) atoms. The van der Waals surface area contributed by atoms with Crippen LogP contribution in [0.1, 0.15) is 17.2 Å². The molecule has 0 amide bonds. The van der Waals surface area contributed by atoms with E-state index in [1.807, 2.05) is 48.5 Å². The Balaban J connectivity index is 1.58. The number of pyridine rings is 2. The fraction of sp³-hybridized carbons (Fsp3) is 0.0435. The van der Waals surface area contributed by atoms with Crippen molar-refractivity contribution in [3.8, 4) is 17.3 Å². The predicted molar refractivity (Wildman–Crippen MR) is 109 cm³/mol. The van der Waals surface area contributed by atoms with E-state index in [1.165, 1.54) is 0 Å². The normalized spacial score (nSPS) is 12.1. The lowest BCUT2D eigenvalue weighted by molar-refractivity contribution is 0.971. The number of aromatic nitrogens is 4. The molecule has 0 aliphatic carbocycles. The van der Waals surface area contributed by atoms with Gasteiger partial charge in [-0.2, -0.15) is 10.4 Å². The van der Waals surface area contributed by atoms with E-state index in [0.29, 0.717) is 11.3 Å². The van der Waals surface area contributed by atoms with Crippen LogP contribution in [0.4, 0.5) is 0 Å². The molecule has 0 saturated carbocycles. The first-order valence-electron chi connectivity index (χ1n) is 8.97. The van der Waals surface area contributed by atoms with Crippen LogP contribution >= 0.6 is 0 Å². The molecule has 0 spiro atoms. The first-order chi connectivity index (χ1) is 13.8. The lowest BCUT2D eigenvalue weighted by Gasteiger charge is -2.10. The summed E-state index contributed by atoms with van der Waals surface area (Å²) in [5, 5.41) is 20.4. The molecular weight excluding hydrogens is 346 g/mol. The molecular formula is C23H15N5. The monoisotopic (exact) mass is 361 g/mol. The quantitative estimate of drug-likeness (QED) is 0.499. The Bertz CT molecular complexity index is 1330. The molecule has 5 heteroatoms. The molecule has 5 aromatic rings. The van der Waals surface area contributed by atoms with E-state index in [1.54, 1.807) is 12.4 Å². The number of aromatic amines is 1. The summed E-state index contributed by atoms with van der Waals surface area (Å²) in [6.45, 7) is 0. The summed E-state index contributed by atoms with van der Waals surface area (Å²) in [5.74, 6) is -0.443. The largest absolute Gasteiger partial charge is 0.265 e. The number of fused-ring (bicyclic) bond motifs is 2. The fourth-order valence-electron chi connectivity index (χ4n) is 3.51. The number of H-pyrrole nitrogens is 1. The van der Waals surface area contributed by atoms with Crippen molar-refractivity contribution in [3.63, 3.8) is 0 Å². The Morgan fingerprint density at radius 1 is 0.893 bits per heavy atom. The maximum Gasteiger partial charge on any atom is 0.156 e. The number of benzene rings is 2. The minimum atomic E-state index is -0.443. The van der Waals surface area contributed by atoms with Gasteiger partial charge in [-0.1, -0.05) is 36.4 Å². The van der Waals surface area contributed by atoms with Gasteiger partial charge in [0.1, 0.15) is 11.6 Å². The van der Waals surface area contributed by atoms with E-state index in [-0.39, 0.29) is 0 Å². The van der Waals surface area contributed by atoms with E-state index in [2.05, 4.69) is 39.4 Å². The average molecular weight is 361 g/mol. The van der Waals surface area contributed by atoms with E-state index in [0.717, 1.165) is 33.0 Å². The highest BCUT2D eigenvalue weighted by molar-refractivity contribution is 5.90. The molecule has 0 aliphatic rings. The Kier molecular flexibility index (Phi) is 3.81. The number of nitriles is 1. The van der Waals surface area contributed by atoms with Gasteiger partial charge in [0.2, 0.25) is 0 Å². The molecule has 3 aromatic heterocycles. The van der Waals surface area contributed by atoms with Gasteiger partial charge < -0.3 is 0 Å². The van der Waals surface area contributed by atoms with Gasteiger partial charge in [0, 0.05) is 23.3 Å². The molecule has 1 atom stereocenters. The molecule has 0 bridgehead atoms. The molecule has 0 saturated heterocycles. The van der Waals surface area contributed by atoms with Crippen molar-refractivity contribution < 1.29 is 0 Å². The maximum atomic E-state index is 9.84. The predicted octanol–water partition coefficient (Wildman–Crippen LogP) is 4.83. The summed E-state index contributed by atoms with van der Waals surface area (Å²) in [5.41, 5.74) is 4.11. The Labute approximate surface area is 161 Å². The summed E-state index contributed by atoms with van der Waals surface area (Å²) in [4.78, 5) is 8.74. The Morgan fingerprint density at radius 3 is 2.54 bits per heavy atom. The summed E-state index contributed by atoms with van der Waals surface area (Å²) < 4.78 is 0. The van der Waals surface area contributed by atoms with Crippen molar-refractivity contribution in [1.82, 2.24) is 20.2 Å². The van der Waals surface area contributed by atoms with Crippen molar-refractivity contribution in [2.75, 3.05) is 0 Å². The van der Waals surface area contributed by atoms with Gasteiger partial charge >= 0.3 is 0 Å². The second kappa shape index (κ2) is 6.60. The van der Waals surface area contributed by atoms with Gasteiger partial charge in [-0.3, -0.25) is 10.1 Å². The van der Waals surface area contributed by atoms with Crippen LogP contribution in [0.25, 0.3) is 33.1 Å². The van der Waals surface area contributed by atoms with Crippen molar-refractivity contribution in [2.24, 2.45) is 0 Å². The smallest absolute Gasteiger partial charge is 0.156 e. The topological polar surface area (TPSA) is 78.2 Å². The minimum absolute atomic E-state index is 0.443. The minimum Gasteiger partial charge on any atom is -0.265 e. The highest BCUT2D eigenvalue weighted by Gasteiger charge is 2.18. The number of nitrogens with zero attached hydrogens (tertiary/aromatic N) is 4. The van der Waals surface area contributed by atoms with Crippen molar-refractivity contribution in [2.45, 2.75) is 5.92 Å². The van der Waals surface area contributed by atoms with Crippen LogP contribution in [0.5, 0.6) is 0 Å². The number of hydrogen-bond donors (Lipinski definition) is 1. The van der Waals surface area contributed by atoms with Crippen LogP contribution in [0.3, 0.4) is 0 Å². The summed E-state index contributed by atoms with van der Waals surface area (Å²) in [6.07, 6.45) is 3.48. The molecule has 1 N–H and O–H groups in total. The van der Waals surface area contributed by atoms with Gasteiger partial charge in [-0.15, -0.1) is 0 Å². The zero-order chi connectivity index (χ0) is 18.9. The summed E-state index contributed by atoms with van der Waals surface area (Å²) >= 11 is 0. The second-order valence-electron chi connectivity index (χ2n) is 6.61. The first kappa shape index (κ1) is 16.2. The Morgan fingerprint density at radius 2 is 1.71 bits per heavy atom. The summed E-state index contributed by atoms with van der Waals surface area (Å²) in [6, 6.07) is 24.3. The second-order valence-corrected chi connectivity index (χ2v) is 6.61. The van der Waals surface area contributed by atoms with Crippen LogP contribution in [-0.4, -0.2) is 20.2 Å². The van der Waals surface area contributed by atoms with Gasteiger partial charge in [0.15, 0.2) is 5.65 Å². The lowest BCUT2D eigenvalue weighted by atomic mass is 9.94. The van der Waals surface area contributed by atoms with Gasteiger partial charge in [-0.25, -0.2) is 4.98 Å². The lowest BCUT2D eigenvalue weighted by Crippen LogP contribution is -2.01. The third-order valence-corrected chi connectivity index (χ3v) is 4.93. The molecule has 1 unspecified atom stereocenters. The molecule has 132 valence electrons. The van der Waals surface area contributed by atoms with Crippen LogP contribution in [0.2, 0.25) is 0 Å². The van der Waals surface area contributed by atoms with E-state index in [4.69, 9.17) is 4.98 Å². The molecule has 0 fully saturated rings. The first-order valence-corrected chi connectivity index (χ1v) is 8.97. The van der Waals surface area contributed by atoms with Crippen molar-refractivity contribution >= 4 is 21.8 Å². The van der Waals surface area contributed by atoms with E-state index in [9.17, 15) is 5.26 Å². The Hall–Kier alpha value is -4.04. The van der Waals surface area contributed by atoms with Gasteiger partial charge in [0.25, 0.3) is 0 Å². The number of hydrogen-bond acceptors (Lipinski definition) is 4. The fourth-order valence-corrected chi connectivity index (χ4v) is 3.51. The zero-order valence-electron chi connectivity index (χ0n) is 14.9. The van der Waals surface area contributed by atoms with Crippen molar-refractivity contribution in [1.29, 1.82) is 5.26 Å². The molecule has 0 aliphatic heterocycles.